The normalized spacial score (nSPS) is 15.6. The molecule has 2 aromatic carbocycles. The summed E-state index contributed by atoms with van der Waals surface area (Å²) in [6, 6.07) is 17.8. The van der Waals surface area contributed by atoms with Crippen LogP contribution in [0.2, 0.25) is 0 Å². The van der Waals surface area contributed by atoms with Crippen LogP contribution in [0.15, 0.2) is 59.6 Å². The highest BCUT2D eigenvalue weighted by atomic mass is 127. The molecule has 2 aromatic rings. The van der Waals surface area contributed by atoms with Gasteiger partial charge in [-0.1, -0.05) is 42.5 Å². The van der Waals surface area contributed by atoms with Gasteiger partial charge in [0.15, 0.2) is 5.96 Å². The van der Waals surface area contributed by atoms with Gasteiger partial charge < -0.3 is 10.6 Å². The van der Waals surface area contributed by atoms with Crippen LogP contribution >= 0.6 is 24.0 Å². The molecule has 0 aliphatic carbocycles. The molecule has 1 heterocycles. The van der Waals surface area contributed by atoms with Crippen LogP contribution in [0.3, 0.4) is 0 Å². The van der Waals surface area contributed by atoms with Crippen LogP contribution in [0.5, 0.6) is 0 Å². The number of nitrogens with zero attached hydrogens (tertiary/aromatic N) is 2. The highest BCUT2D eigenvalue weighted by molar-refractivity contribution is 14.0. The molecule has 0 amide bonds. The maximum absolute atomic E-state index is 13.0. The number of likely N-dealkylation sites (tertiary alicyclic amines) is 1. The van der Waals surface area contributed by atoms with E-state index in [1.54, 1.807) is 0 Å². The Hall–Kier alpha value is -1.67. The molecule has 1 aliphatic rings. The van der Waals surface area contributed by atoms with Crippen molar-refractivity contribution < 1.29 is 4.39 Å². The third kappa shape index (κ3) is 8.30. The predicted molar refractivity (Wildman–Crippen MR) is 129 cm³/mol. The van der Waals surface area contributed by atoms with Crippen molar-refractivity contribution >= 4 is 29.9 Å². The molecular weight excluding hydrogens is 478 g/mol. The Labute approximate surface area is 191 Å². The number of aliphatic imine (C=N–C) groups is 1. The fourth-order valence-electron chi connectivity index (χ4n) is 3.54. The molecule has 0 radical (unpaired) electrons. The molecule has 0 saturated carbocycles. The number of halogens is 2. The van der Waals surface area contributed by atoms with Crippen molar-refractivity contribution in [3.8, 4) is 0 Å². The Kier molecular flexibility index (Phi) is 10.4. The molecule has 2 N–H and O–H groups in total. The van der Waals surface area contributed by atoms with Gasteiger partial charge in [-0.2, -0.15) is 0 Å². The second-order valence-corrected chi connectivity index (χ2v) is 7.32. The van der Waals surface area contributed by atoms with Gasteiger partial charge in [0.05, 0.1) is 0 Å². The Morgan fingerprint density at radius 2 is 1.72 bits per heavy atom. The smallest absolute Gasteiger partial charge is 0.191 e. The molecule has 158 valence electrons. The summed E-state index contributed by atoms with van der Waals surface area (Å²) >= 11 is 0. The summed E-state index contributed by atoms with van der Waals surface area (Å²) in [4.78, 5) is 7.22. The van der Waals surface area contributed by atoms with Crippen LogP contribution in [0.4, 0.5) is 4.39 Å². The minimum absolute atomic E-state index is 0. The Bertz CT molecular complexity index is 728. The van der Waals surface area contributed by atoms with Crippen LogP contribution in [0.1, 0.15) is 30.9 Å². The fraction of sp³-hybridized carbons (Fsp3) is 0.435. The lowest BCUT2D eigenvalue weighted by molar-refractivity contribution is 0.198. The highest BCUT2D eigenvalue weighted by Gasteiger charge is 2.19. The highest BCUT2D eigenvalue weighted by Crippen LogP contribution is 2.14. The minimum Gasteiger partial charge on any atom is -0.357 e. The maximum atomic E-state index is 13.0. The monoisotopic (exact) mass is 510 g/mol. The zero-order valence-corrected chi connectivity index (χ0v) is 19.4. The van der Waals surface area contributed by atoms with Crippen LogP contribution in [-0.4, -0.2) is 43.1 Å². The maximum Gasteiger partial charge on any atom is 0.191 e. The standard InChI is InChI=1S/C23H31FN4.HI/c1-2-25-23(26-15-12-19-8-10-21(24)11-9-19)27-22-13-16-28(17-14-22)18-20-6-4-3-5-7-20;/h3-11,22H,2,12-18H2,1H3,(H2,25,26,27);1H. The average molecular weight is 510 g/mol. The van der Waals surface area contributed by atoms with Crippen molar-refractivity contribution in [3.05, 3.63) is 71.5 Å². The number of hydrogen-bond donors (Lipinski definition) is 2. The first-order valence-corrected chi connectivity index (χ1v) is 10.3. The van der Waals surface area contributed by atoms with Crippen molar-refractivity contribution in [2.45, 2.75) is 38.8 Å². The van der Waals surface area contributed by atoms with E-state index >= 15 is 0 Å². The van der Waals surface area contributed by atoms with Crippen LogP contribution in [0, 0.1) is 5.82 Å². The lowest BCUT2D eigenvalue weighted by Crippen LogP contribution is -2.48. The molecule has 29 heavy (non-hydrogen) atoms. The molecule has 1 saturated heterocycles. The number of benzene rings is 2. The fourth-order valence-corrected chi connectivity index (χ4v) is 3.54. The molecule has 6 heteroatoms. The number of rotatable bonds is 7. The van der Waals surface area contributed by atoms with Gasteiger partial charge >= 0.3 is 0 Å². The largest absolute Gasteiger partial charge is 0.357 e. The summed E-state index contributed by atoms with van der Waals surface area (Å²) in [5, 5.41) is 6.93. The number of piperidine rings is 1. The average Bonchev–Trinajstić information content (AvgIpc) is 2.72. The van der Waals surface area contributed by atoms with Gasteiger partial charge in [0.1, 0.15) is 5.82 Å². The predicted octanol–water partition coefficient (Wildman–Crippen LogP) is 4.21. The molecule has 0 bridgehead atoms. The summed E-state index contributed by atoms with van der Waals surface area (Å²) in [6.07, 6.45) is 3.05. The van der Waals surface area contributed by atoms with Gasteiger partial charge in [0.25, 0.3) is 0 Å². The van der Waals surface area contributed by atoms with E-state index in [-0.39, 0.29) is 29.8 Å². The second-order valence-electron chi connectivity index (χ2n) is 7.32. The molecular formula is C23H32FIN4. The zero-order chi connectivity index (χ0) is 19.6. The quantitative estimate of drug-likeness (QED) is 0.333. The molecule has 1 fully saturated rings. The summed E-state index contributed by atoms with van der Waals surface area (Å²) in [5.74, 6) is 0.687. The molecule has 0 atom stereocenters. The molecule has 0 aromatic heterocycles. The van der Waals surface area contributed by atoms with Crippen molar-refractivity contribution in [2.75, 3.05) is 26.2 Å². The van der Waals surface area contributed by atoms with E-state index < -0.39 is 0 Å². The van der Waals surface area contributed by atoms with E-state index in [9.17, 15) is 4.39 Å². The van der Waals surface area contributed by atoms with Crippen molar-refractivity contribution in [2.24, 2.45) is 4.99 Å². The van der Waals surface area contributed by atoms with Gasteiger partial charge in [-0.15, -0.1) is 24.0 Å². The van der Waals surface area contributed by atoms with E-state index in [0.717, 1.165) is 57.0 Å². The van der Waals surface area contributed by atoms with Crippen LogP contribution in [0.25, 0.3) is 0 Å². The molecule has 4 nitrogen and oxygen atoms in total. The third-order valence-corrected chi connectivity index (χ3v) is 5.11. The first kappa shape index (κ1) is 23.6. The van der Waals surface area contributed by atoms with Gasteiger partial charge in [0.2, 0.25) is 0 Å². The molecule has 1 aliphatic heterocycles. The van der Waals surface area contributed by atoms with Gasteiger partial charge in [-0.05, 0) is 49.4 Å². The van der Waals surface area contributed by atoms with Crippen LogP contribution in [-0.2, 0) is 13.0 Å². The number of guanidine groups is 1. The third-order valence-electron chi connectivity index (χ3n) is 5.11. The number of nitrogens with one attached hydrogen (secondary N) is 2. The van der Waals surface area contributed by atoms with E-state index in [1.165, 1.54) is 17.7 Å². The lowest BCUT2D eigenvalue weighted by Gasteiger charge is -2.33. The number of hydrogen-bond acceptors (Lipinski definition) is 2. The van der Waals surface area contributed by atoms with Gasteiger partial charge in [-0.3, -0.25) is 9.89 Å². The molecule has 3 rings (SSSR count). The first-order valence-electron chi connectivity index (χ1n) is 10.3. The minimum atomic E-state index is -0.194. The lowest BCUT2D eigenvalue weighted by atomic mass is 10.0. The summed E-state index contributed by atoms with van der Waals surface area (Å²) in [6.45, 7) is 6.84. The SMILES string of the molecule is CCNC(=NCCc1ccc(F)cc1)NC1CCN(Cc2ccccc2)CC1.I. The Morgan fingerprint density at radius 1 is 1.03 bits per heavy atom. The first-order chi connectivity index (χ1) is 13.7. The van der Waals surface area contributed by atoms with Gasteiger partial charge in [0, 0.05) is 38.8 Å². The summed E-state index contributed by atoms with van der Waals surface area (Å²) < 4.78 is 13.0. The van der Waals surface area contributed by atoms with E-state index in [1.807, 2.05) is 12.1 Å². The van der Waals surface area contributed by atoms with Gasteiger partial charge in [-0.25, -0.2) is 4.39 Å². The zero-order valence-electron chi connectivity index (χ0n) is 17.1. The van der Waals surface area contributed by atoms with Crippen molar-refractivity contribution in [3.63, 3.8) is 0 Å². The molecule has 0 spiro atoms. The Morgan fingerprint density at radius 3 is 2.38 bits per heavy atom. The summed E-state index contributed by atoms with van der Waals surface area (Å²) in [7, 11) is 0. The topological polar surface area (TPSA) is 39.7 Å². The second kappa shape index (κ2) is 12.8. The van der Waals surface area contributed by atoms with Crippen molar-refractivity contribution in [1.29, 1.82) is 0 Å². The van der Waals surface area contributed by atoms with Crippen molar-refractivity contribution in [1.82, 2.24) is 15.5 Å². The Balaban J connectivity index is 0.00000300. The van der Waals surface area contributed by atoms with Crippen LogP contribution < -0.4 is 10.6 Å². The van der Waals surface area contributed by atoms with E-state index in [2.05, 4.69) is 52.8 Å². The summed E-state index contributed by atoms with van der Waals surface area (Å²) in [5.41, 5.74) is 2.49. The van der Waals surface area contributed by atoms with E-state index in [4.69, 9.17) is 4.99 Å². The van der Waals surface area contributed by atoms with E-state index in [0.29, 0.717) is 12.6 Å². The molecule has 0 unspecified atom stereocenters.